The normalized spacial score (nSPS) is 11.8. The molecule has 0 radical (unpaired) electrons. The fraction of sp³-hybridized carbons (Fsp3) is 0.0526. The van der Waals surface area contributed by atoms with Crippen LogP contribution in [-0.4, -0.2) is 4.99 Å². The van der Waals surface area contributed by atoms with E-state index in [1.807, 2.05) is 54.8 Å². The number of nitrogens with one attached hydrogen (secondary N) is 1. The second-order valence-electron chi connectivity index (χ2n) is 5.30. The highest BCUT2D eigenvalue weighted by atomic mass is 35.5. The van der Waals surface area contributed by atoms with E-state index in [-0.39, 0.29) is 5.76 Å². The van der Waals surface area contributed by atoms with E-state index in [0.717, 1.165) is 11.3 Å². The molecule has 2 aromatic heterocycles. The van der Waals surface area contributed by atoms with Gasteiger partial charge in [0.25, 0.3) is 0 Å². The molecule has 0 saturated heterocycles. The predicted octanol–water partition coefficient (Wildman–Crippen LogP) is 4.12. The summed E-state index contributed by atoms with van der Waals surface area (Å²) in [5.74, 6) is -0.122. The molecule has 0 unspecified atom stereocenters. The van der Waals surface area contributed by atoms with Crippen molar-refractivity contribution in [1.82, 2.24) is 0 Å². The third-order valence-corrected chi connectivity index (χ3v) is 5.24. The second-order valence-corrected chi connectivity index (χ2v) is 7.07. The summed E-state index contributed by atoms with van der Waals surface area (Å²) in [6, 6.07) is 14.8. The maximum absolute atomic E-state index is 13.0. The SMILES string of the molecule is Cc1c(Cl)cccc1NC(=S)C(=C([O-])c1cccs1)[n+]1ccccc1. The van der Waals surface area contributed by atoms with Crippen LogP contribution in [-0.2, 0) is 0 Å². The van der Waals surface area contributed by atoms with Gasteiger partial charge in [-0.25, -0.2) is 0 Å². The lowest BCUT2D eigenvalue weighted by molar-refractivity contribution is -0.577. The summed E-state index contributed by atoms with van der Waals surface area (Å²) in [5.41, 5.74) is 2.07. The molecule has 0 fully saturated rings. The van der Waals surface area contributed by atoms with E-state index in [0.29, 0.717) is 20.6 Å². The van der Waals surface area contributed by atoms with Crippen LogP contribution < -0.4 is 15.0 Å². The highest BCUT2D eigenvalue weighted by Crippen LogP contribution is 2.25. The maximum atomic E-state index is 13.0. The number of halogens is 1. The summed E-state index contributed by atoms with van der Waals surface area (Å²) < 4.78 is 1.73. The predicted molar refractivity (Wildman–Crippen MR) is 106 cm³/mol. The molecule has 0 aliphatic carbocycles. The van der Waals surface area contributed by atoms with Gasteiger partial charge in [-0.2, -0.15) is 4.57 Å². The van der Waals surface area contributed by atoms with Crippen LogP contribution in [0.5, 0.6) is 0 Å². The van der Waals surface area contributed by atoms with E-state index < -0.39 is 0 Å². The van der Waals surface area contributed by atoms with Gasteiger partial charge in [0.15, 0.2) is 17.4 Å². The van der Waals surface area contributed by atoms with E-state index in [4.69, 9.17) is 23.8 Å². The molecule has 0 aliphatic heterocycles. The van der Waals surface area contributed by atoms with Crippen LogP contribution in [0.15, 0.2) is 66.3 Å². The Labute approximate surface area is 160 Å². The van der Waals surface area contributed by atoms with E-state index >= 15 is 0 Å². The first-order chi connectivity index (χ1) is 12.1. The van der Waals surface area contributed by atoms with Crippen molar-refractivity contribution in [3.63, 3.8) is 0 Å². The molecule has 3 rings (SSSR count). The molecule has 0 amide bonds. The van der Waals surface area contributed by atoms with Crippen molar-refractivity contribution >= 4 is 57.3 Å². The number of rotatable bonds is 4. The molecule has 25 heavy (non-hydrogen) atoms. The van der Waals surface area contributed by atoms with Gasteiger partial charge in [0.1, 0.15) is 0 Å². The lowest BCUT2D eigenvalue weighted by Crippen LogP contribution is -2.39. The Balaban J connectivity index is 2.05. The van der Waals surface area contributed by atoms with Crippen LogP contribution in [0.2, 0.25) is 5.02 Å². The zero-order valence-electron chi connectivity index (χ0n) is 13.4. The van der Waals surface area contributed by atoms with Gasteiger partial charge < -0.3 is 10.4 Å². The van der Waals surface area contributed by atoms with Crippen LogP contribution in [0.3, 0.4) is 0 Å². The van der Waals surface area contributed by atoms with E-state index in [1.165, 1.54) is 11.3 Å². The Morgan fingerprint density at radius 3 is 2.56 bits per heavy atom. The molecule has 0 bridgehead atoms. The van der Waals surface area contributed by atoms with Gasteiger partial charge in [0.2, 0.25) is 5.70 Å². The number of benzene rings is 1. The van der Waals surface area contributed by atoms with Crippen molar-refractivity contribution in [2.24, 2.45) is 0 Å². The third-order valence-electron chi connectivity index (χ3n) is 3.66. The third kappa shape index (κ3) is 3.90. The van der Waals surface area contributed by atoms with E-state index in [9.17, 15) is 5.11 Å². The average molecular weight is 387 g/mol. The molecule has 3 aromatic rings. The highest BCUT2D eigenvalue weighted by molar-refractivity contribution is 7.81. The number of thiocarbonyl (C=S) groups is 1. The van der Waals surface area contributed by atoms with Crippen LogP contribution in [0.4, 0.5) is 5.69 Å². The van der Waals surface area contributed by atoms with Crippen molar-refractivity contribution in [1.29, 1.82) is 0 Å². The quantitative estimate of drug-likeness (QED) is 0.317. The van der Waals surface area contributed by atoms with Crippen molar-refractivity contribution in [3.8, 4) is 0 Å². The number of thiophene rings is 1. The van der Waals surface area contributed by atoms with Crippen molar-refractivity contribution < 1.29 is 9.67 Å². The fourth-order valence-electron chi connectivity index (χ4n) is 2.33. The smallest absolute Gasteiger partial charge is 0.239 e. The molecule has 2 heterocycles. The Bertz CT molecular complexity index is 922. The molecular weight excluding hydrogens is 372 g/mol. The molecule has 6 heteroatoms. The monoisotopic (exact) mass is 386 g/mol. The van der Waals surface area contributed by atoms with Crippen LogP contribution in [0.1, 0.15) is 10.4 Å². The maximum Gasteiger partial charge on any atom is 0.239 e. The van der Waals surface area contributed by atoms with E-state index in [1.54, 1.807) is 23.0 Å². The lowest BCUT2D eigenvalue weighted by Gasteiger charge is -2.16. The van der Waals surface area contributed by atoms with Gasteiger partial charge in [-0.3, -0.25) is 0 Å². The fourth-order valence-corrected chi connectivity index (χ4v) is 3.48. The standard InChI is InChI=1S/C19H15ClN2OS2/c1-13-14(20)7-5-8-15(13)21-19(24)17(22-10-3-2-4-11-22)18(23)16-9-6-12-25-16/h2-12H,1H3,(H-,21,23,24). The van der Waals surface area contributed by atoms with Gasteiger partial charge in [0, 0.05) is 27.7 Å². The summed E-state index contributed by atoms with van der Waals surface area (Å²) in [5, 5.41) is 18.7. The Hall–Kier alpha value is -2.21. The Morgan fingerprint density at radius 2 is 1.88 bits per heavy atom. The van der Waals surface area contributed by atoms with Crippen LogP contribution in [0.25, 0.3) is 11.5 Å². The second kappa shape index (κ2) is 7.78. The lowest BCUT2D eigenvalue weighted by atomic mass is 10.2. The summed E-state index contributed by atoms with van der Waals surface area (Å²) in [6.45, 7) is 1.91. The molecule has 1 aromatic carbocycles. The van der Waals surface area contributed by atoms with E-state index in [2.05, 4.69) is 5.32 Å². The van der Waals surface area contributed by atoms with Crippen LogP contribution in [0, 0.1) is 6.92 Å². The van der Waals surface area contributed by atoms with Gasteiger partial charge in [-0.05, 0) is 41.8 Å². The van der Waals surface area contributed by atoms with Gasteiger partial charge in [-0.1, -0.05) is 42.0 Å². The first-order valence-corrected chi connectivity index (χ1v) is 9.23. The molecule has 0 saturated carbocycles. The molecule has 0 aliphatic rings. The summed E-state index contributed by atoms with van der Waals surface area (Å²) in [6.07, 6.45) is 3.61. The molecule has 0 atom stereocenters. The molecule has 1 N–H and O–H groups in total. The minimum atomic E-state index is -0.122. The summed E-state index contributed by atoms with van der Waals surface area (Å²) in [4.78, 5) is 0.985. The van der Waals surface area contributed by atoms with Gasteiger partial charge in [-0.15, -0.1) is 11.3 Å². The molecule has 0 spiro atoms. The van der Waals surface area contributed by atoms with Crippen molar-refractivity contribution in [2.75, 3.05) is 5.32 Å². The van der Waals surface area contributed by atoms with Crippen molar-refractivity contribution in [3.05, 3.63) is 81.8 Å². The topological polar surface area (TPSA) is 39.0 Å². The first-order valence-electron chi connectivity index (χ1n) is 7.56. The number of hydrogen-bond acceptors (Lipinski definition) is 3. The highest BCUT2D eigenvalue weighted by Gasteiger charge is 2.19. The first kappa shape index (κ1) is 17.6. The zero-order valence-corrected chi connectivity index (χ0v) is 15.8. The minimum absolute atomic E-state index is 0.122. The summed E-state index contributed by atoms with van der Waals surface area (Å²) >= 11 is 13.1. The molecule has 3 nitrogen and oxygen atoms in total. The average Bonchev–Trinajstić information content (AvgIpc) is 3.15. The zero-order chi connectivity index (χ0) is 17.8. The number of aromatic nitrogens is 1. The largest absolute Gasteiger partial charge is 0.867 e. The van der Waals surface area contributed by atoms with Crippen molar-refractivity contribution in [2.45, 2.75) is 6.92 Å². The minimum Gasteiger partial charge on any atom is -0.867 e. The Morgan fingerprint density at radius 1 is 1.12 bits per heavy atom. The number of anilines is 1. The number of nitrogens with zero attached hydrogens (tertiary/aromatic N) is 1. The number of hydrogen-bond donors (Lipinski definition) is 1. The Kier molecular flexibility index (Phi) is 5.48. The molecule has 126 valence electrons. The van der Waals surface area contributed by atoms with Gasteiger partial charge in [0.05, 0.1) is 0 Å². The van der Waals surface area contributed by atoms with Crippen LogP contribution >= 0.6 is 35.2 Å². The number of pyridine rings is 1. The molecular formula is C19H15ClN2OS2. The summed E-state index contributed by atoms with van der Waals surface area (Å²) in [7, 11) is 0. The van der Waals surface area contributed by atoms with Gasteiger partial charge >= 0.3 is 0 Å².